The van der Waals surface area contributed by atoms with Gasteiger partial charge in [-0.15, -0.1) is 0 Å². The van der Waals surface area contributed by atoms with E-state index in [1.807, 2.05) is 0 Å². The first-order valence-electron chi connectivity index (χ1n) is 9.20. The van der Waals surface area contributed by atoms with E-state index >= 15 is 0 Å². The topological polar surface area (TPSA) is 178 Å². The molecule has 1 aromatic carbocycles. The summed E-state index contributed by atoms with van der Waals surface area (Å²) in [5.41, 5.74) is 5.42. The number of esters is 1. The highest BCUT2D eigenvalue weighted by atomic mass is 16.5. The zero-order valence-corrected chi connectivity index (χ0v) is 16.9. The molecule has 0 aliphatic heterocycles. The van der Waals surface area contributed by atoms with E-state index in [2.05, 4.69) is 20.0 Å². The number of fused-ring (bicyclic) bond motifs is 1. The Morgan fingerprint density at radius 2 is 1.94 bits per heavy atom. The number of benzene rings is 1. The Kier molecular flexibility index (Phi) is 6.00. The highest BCUT2D eigenvalue weighted by Crippen LogP contribution is 2.18. The average molecular weight is 427 g/mol. The van der Waals surface area contributed by atoms with Gasteiger partial charge in [-0.25, -0.2) is 14.3 Å². The highest BCUT2D eigenvalue weighted by Gasteiger charge is 2.18. The van der Waals surface area contributed by atoms with E-state index in [0.29, 0.717) is 17.0 Å². The SMILES string of the molecule is COC(=O)CCNC(=O)Cn1c(=O)c2[nH]c(-c3ccc(C(=N)N)cc3)nc2n(C)c1=O. The van der Waals surface area contributed by atoms with Crippen LogP contribution in [0.4, 0.5) is 0 Å². The summed E-state index contributed by atoms with van der Waals surface area (Å²) in [5, 5.41) is 9.91. The number of imidazole rings is 1. The second-order valence-corrected chi connectivity index (χ2v) is 6.68. The van der Waals surface area contributed by atoms with E-state index in [0.717, 1.165) is 4.57 Å². The minimum Gasteiger partial charge on any atom is -0.469 e. The number of ether oxygens (including phenoxy) is 1. The summed E-state index contributed by atoms with van der Waals surface area (Å²) < 4.78 is 6.44. The van der Waals surface area contributed by atoms with Gasteiger partial charge in [-0.2, -0.15) is 0 Å². The van der Waals surface area contributed by atoms with Crippen LogP contribution in [-0.4, -0.2) is 50.5 Å². The molecular formula is C19H21N7O5. The van der Waals surface area contributed by atoms with E-state index < -0.39 is 29.7 Å². The van der Waals surface area contributed by atoms with Crippen molar-refractivity contribution in [1.82, 2.24) is 24.4 Å². The summed E-state index contributed by atoms with van der Waals surface area (Å²) >= 11 is 0. The quantitative estimate of drug-likeness (QED) is 0.213. The number of aromatic nitrogens is 4. The largest absolute Gasteiger partial charge is 0.469 e. The summed E-state index contributed by atoms with van der Waals surface area (Å²) in [5.74, 6) is -0.818. The molecule has 5 N–H and O–H groups in total. The molecule has 12 heteroatoms. The number of methoxy groups -OCH3 is 1. The van der Waals surface area contributed by atoms with Gasteiger partial charge < -0.3 is 20.8 Å². The maximum Gasteiger partial charge on any atom is 0.332 e. The van der Waals surface area contributed by atoms with Crippen LogP contribution in [0.15, 0.2) is 33.9 Å². The zero-order valence-electron chi connectivity index (χ0n) is 16.9. The van der Waals surface area contributed by atoms with Crippen molar-refractivity contribution in [2.24, 2.45) is 12.8 Å². The number of nitrogens with two attached hydrogens (primary N) is 1. The lowest BCUT2D eigenvalue weighted by atomic mass is 10.1. The van der Waals surface area contributed by atoms with Crippen LogP contribution in [0, 0.1) is 5.41 Å². The number of hydrogen-bond donors (Lipinski definition) is 4. The number of H-pyrrole nitrogens is 1. The predicted octanol–water partition coefficient (Wildman–Crippen LogP) is -0.946. The smallest absolute Gasteiger partial charge is 0.332 e. The van der Waals surface area contributed by atoms with Crippen molar-refractivity contribution in [2.75, 3.05) is 13.7 Å². The van der Waals surface area contributed by atoms with Crippen LogP contribution in [0.3, 0.4) is 0 Å². The van der Waals surface area contributed by atoms with Crippen molar-refractivity contribution in [2.45, 2.75) is 13.0 Å². The standard InChI is InChI=1S/C19H21N7O5/c1-25-17-14(23-16(24-17)11-5-3-10(4-6-11)15(20)21)18(29)26(19(25)30)9-12(27)22-8-7-13(28)31-2/h3-6H,7-9H2,1-2H3,(H3,20,21)(H,22,27)(H,23,24). The van der Waals surface area contributed by atoms with Gasteiger partial charge >= 0.3 is 11.7 Å². The zero-order chi connectivity index (χ0) is 22.7. The molecule has 0 saturated carbocycles. The maximum atomic E-state index is 12.8. The number of hydrogen-bond acceptors (Lipinski definition) is 7. The lowest BCUT2D eigenvalue weighted by Gasteiger charge is -2.08. The number of amides is 1. The Balaban J connectivity index is 1.92. The van der Waals surface area contributed by atoms with Crippen molar-refractivity contribution in [3.8, 4) is 11.4 Å². The number of nitrogens with zero attached hydrogens (tertiary/aromatic N) is 3. The molecule has 0 atom stereocenters. The molecule has 2 heterocycles. The third-order valence-electron chi connectivity index (χ3n) is 4.63. The fraction of sp³-hybridized carbons (Fsp3) is 0.263. The van der Waals surface area contributed by atoms with Crippen LogP contribution in [0.1, 0.15) is 12.0 Å². The third kappa shape index (κ3) is 4.37. The molecule has 3 rings (SSSR count). The number of amidine groups is 1. The highest BCUT2D eigenvalue weighted by molar-refractivity contribution is 5.95. The lowest BCUT2D eigenvalue weighted by Crippen LogP contribution is -2.43. The van der Waals surface area contributed by atoms with Crippen molar-refractivity contribution in [3.63, 3.8) is 0 Å². The summed E-state index contributed by atoms with van der Waals surface area (Å²) in [7, 11) is 2.68. The second kappa shape index (κ2) is 8.65. The monoisotopic (exact) mass is 427 g/mol. The van der Waals surface area contributed by atoms with Crippen LogP contribution < -0.4 is 22.3 Å². The van der Waals surface area contributed by atoms with Crippen molar-refractivity contribution in [3.05, 3.63) is 50.7 Å². The average Bonchev–Trinajstić information content (AvgIpc) is 3.21. The molecule has 3 aromatic rings. The Hall–Kier alpha value is -4.22. The number of aryl methyl sites for hydroxylation is 1. The normalized spacial score (nSPS) is 10.8. The molecule has 0 aliphatic rings. The van der Waals surface area contributed by atoms with E-state index in [1.165, 1.54) is 18.7 Å². The molecule has 0 bridgehead atoms. The van der Waals surface area contributed by atoms with Crippen molar-refractivity contribution in [1.29, 1.82) is 5.41 Å². The number of carbonyl (C=O) groups is 2. The second-order valence-electron chi connectivity index (χ2n) is 6.68. The van der Waals surface area contributed by atoms with Gasteiger partial charge in [-0.05, 0) is 0 Å². The van der Waals surface area contributed by atoms with Gasteiger partial charge in [0.15, 0.2) is 5.65 Å². The molecule has 2 aromatic heterocycles. The molecule has 0 unspecified atom stereocenters. The minimum absolute atomic E-state index is 0.0211. The van der Waals surface area contributed by atoms with Gasteiger partial charge in [0.05, 0.1) is 13.5 Å². The number of aromatic amines is 1. The van der Waals surface area contributed by atoms with Crippen molar-refractivity contribution < 1.29 is 14.3 Å². The fourth-order valence-corrected chi connectivity index (χ4v) is 2.94. The van der Waals surface area contributed by atoms with Gasteiger partial charge in [-0.1, -0.05) is 24.3 Å². The predicted molar refractivity (Wildman–Crippen MR) is 112 cm³/mol. The number of rotatable bonds is 7. The summed E-state index contributed by atoms with van der Waals surface area (Å²) in [6, 6.07) is 6.64. The first-order chi connectivity index (χ1) is 14.7. The number of carbonyl (C=O) groups excluding carboxylic acids is 2. The van der Waals surface area contributed by atoms with E-state index in [1.54, 1.807) is 24.3 Å². The summed E-state index contributed by atoms with van der Waals surface area (Å²) in [6.07, 6.45) is -0.0273. The van der Waals surface area contributed by atoms with Crippen molar-refractivity contribution >= 4 is 28.9 Å². The molecule has 0 saturated heterocycles. The third-order valence-corrected chi connectivity index (χ3v) is 4.63. The van der Waals surface area contributed by atoms with Crippen LogP contribution in [0.25, 0.3) is 22.6 Å². The Morgan fingerprint density at radius 1 is 1.26 bits per heavy atom. The van der Waals surface area contributed by atoms with E-state index in [4.69, 9.17) is 11.1 Å². The Bertz CT molecular complexity index is 1280. The summed E-state index contributed by atoms with van der Waals surface area (Å²) in [4.78, 5) is 55.9. The van der Waals surface area contributed by atoms with E-state index in [9.17, 15) is 19.2 Å². The first kappa shape index (κ1) is 21.5. The molecule has 12 nitrogen and oxygen atoms in total. The number of nitrogen functional groups attached to an aromatic ring is 1. The maximum absolute atomic E-state index is 12.8. The van der Waals surface area contributed by atoms with Gasteiger partial charge in [-0.3, -0.25) is 24.4 Å². The Morgan fingerprint density at radius 3 is 2.55 bits per heavy atom. The molecule has 0 spiro atoms. The molecule has 0 fully saturated rings. The minimum atomic E-state index is -0.703. The van der Waals surface area contributed by atoms with E-state index in [-0.39, 0.29) is 30.0 Å². The lowest BCUT2D eigenvalue weighted by molar-refractivity contribution is -0.140. The van der Waals surface area contributed by atoms with Crippen LogP contribution in [-0.2, 0) is 27.9 Å². The van der Waals surface area contributed by atoms with Crippen LogP contribution in [0.5, 0.6) is 0 Å². The Labute approximate surface area is 175 Å². The molecule has 162 valence electrons. The molecular weight excluding hydrogens is 406 g/mol. The summed E-state index contributed by atoms with van der Waals surface area (Å²) in [6.45, 7) is -0.489. The number of nitrogens with one attached hydrogen (secondary N) is 3. The van der Waals surface area contributed by atoms with Gasteiger partial charge in [0.2, 0.25) is 5.91 Å². The molecule has 1 amide bonds. The molecule has 0 radical (unpaired) electrons. The fourth-order valence-electron chi connectivity index (χ4n) is 2.94. The van der Waals surface area contributed by atoms with Gasteiger partial charge in [0.25, 0.3) is 5.56 Å². The van der Waals surface area contributed by atoms with Gasteiger partial charge in [0, 0.05) is 24.7 Å². The van der Waals surface area contributed by atoms with Gasteiger partial charge in [0.1, 0.15) is 23.7 Å². The molecule has 31 heavy (non-hydrogen) atoms. The first-order valence-corrected chi connectivity index (χ1v) is 9.20. The van der Waals surface area contributed by atoms with Crippen LogP contribution >= 0.6 is 0 Å². The van der Waals surface area contributed by atoms with Crippen LogP contribution in [0.2, 0.25) is 0 Å². The molecule has 0 aliphatic carbocycles.